The summed E-state index contributed by atoms with van der Waals surface area (Å²) in [6.45, 7) is 2.48. The van der Waals surface area contributed by atoms with Crippen LogP contribution in [-0.4, -0.2) is 66.6 Å². The number of carboxylic acids is 1. The highest BCUT2D eigenvalue weighted by Gasteiger charge is 2.20. The normalized spacial score (nSPS) is 15.8. The zero-order chi connectivity index (χ0) is 15.4. The van der Waals surface area contributed by atoms with Crippen LogP contribution in [0.25, 0.3) is 0 Å². The number of rotatable bonds is 4. The number of nitrogens with zero attached hydrogens (tertiary/aromatic N) is 2. The maximum absolute atomic E-state index is 13.2. The number of halogens is 1. The number of likely N-dealkylation sites (N-methyl/N-ethyl adjacent to an activating group) is 1. The highest BCUT2D eigenvalue weighted by molar-refractivity contribution is 5.91. The van der Waals surface area contributed by atoms with Crippen LogP contribution in [0.1, 0.15) is 10.4 Å². The van der Waals surface area contributed by atoms with E-state index in [1.165, 1.54) is 0 Å². The minimum Gasteiger partial charge on any atom is -0.483 e. The van der Waals surface area contributed by atoms with E-state index in [-0.39, 0.29) is 23.8 Å². The predicted molar refractivity (Wildman–Crippen MR) is 72.9 cm³/mol. The SMILES string of the molecule is CN1CCN(C(=O)COc2cc(F)ccc2C(=O)O)CC1. The molecule has 1 saturated heterocycles. The van der Waals surface area contributed by atoms with E-state index in [0.29, 0.717) is 13.1 Å². The summed E-state index contributed by atoms with van der Waals surface area (Å²) in [7, 11) is 1.98. The van der Waals surface area contributed by atoms with Crippen molar-refractivity contribution >= 4 is 11.9 Å². The van der Waals surface area contributed by atoms with E-state index >= 15 is 0 Å². The number of ether oxygens (including phenoxy) is 1. The Kier molecular flexibility index (Phi) is 4.74. The van der Waals surface area contributed by atoms with Crippen molar-refractivity contribution in [3.05, 3.63) is 29.6 Å². The van der Waals surface area contributed by atoms with Crippen LogP contribution in [0.15, 0.2) is 18.2 Å². The zero-order valence-electron chi connectivity index (χ0n) is 11.7. The average molecular weight is 296 g/mol. The van der Waals surface area contributed by atoms with E-state index < -0.39 is 11.8 Å². The van der Waals surface area contributed by atoms with Gasteiger partial charge >= 0.3 is 5.97 Å². The molecule has 21 heavy (non-hydrogen) atoms. The fourth-order valence-electron chi connectivity index (χ4n) is 2.08. The molecule has 2 rings (SSSR count). The van der Waals surface area contributed by atoms with Gasteiger partial charge in [-0.05, 0) is 19.2 Å². The van der Waals surface area contributed by atoms with Crippen LogP contribution >= 0.6 is 0 Å². The smallest absolute Gasteiger partial charge is 0.339 e. The molecule has 114 valence electrons. The van der Waals surface area contributed by atoms with Crippen LogP contribution in [0.2, 0.25) is 0 Å². The van der Waals surface area contributed by atoms with Gasteiger partial charge in [0.1, 0.15) is 17.1 Å². The summed E-state index contributed by atoms with van der Waals surface area (Å²) in [6.07, 6.45) is 0. The van der Waals surface area contributed by atoms with Crippen molar-refractivity contribution in [2.75, 3.05) is 39.8 Å². The van der Waals surface area contributed by atoms with Gasteiger partial charge in [0.25, 0.3) is 5.91 Å². The number of hydrogen-bond acceptors (Lipinski definition) is 4. The third-order valence-electron chi connectivity index (χ3n) is 3.38. The first-order valence-electron chi connectivity index (χ1n) is 6.59. The van der Waals surface area contributed by atoms with Gasteiger partial charge < -0.3 is 19.6 Å². The summed E-state index contributed by atoms with van der Waals surface area (Å²) >= 11 is 0. The van der Waals surface area contributed by atoms with Gasteiger partial charge in [0, 0.05) is 32.2 Å². The van der Waals surface area contributed by atoms with Gasteiger partial charge in [-0.2, -0.15) is 0 Å². The number of carbonyl (C=O) groups excluding carboxylic acids is 1. The van der Waals surface area contributed by atoms with Crippen LogP contribution in [0.4, 0.5) is 4.39 Å². The Hall–Kier alpha value is -2.15. The van der Waals surface area contributed by atoms with Crippen LogP contribution in [-0.2, 0) is 4.79 Å². The molecular formula is C14H17FN2O4. The van der Waals surface area contributed by atoms with E-state index in [4.69, 9.17) is 9.84 Å². The number of benzene rings is 1. The van der Waals surface area contributed by atoms with Crippen molar-refractivity contribution in [1.29, 1.82) is 0 Å². The van der Waals surface area contributed by atoms with Gasteiger partial charge in [0.15, 0.2) is 6.61 Å². The molecule has 1 aromatic carbocycles. The molecule has 0 radical (unpaired) electrons. The van der Waals surface area contributed by atoms with Crippen molar-refractivity contribution in [3.8, 4) is 5.75 Å². The number of piperazine rings is 1. The van der Waals surface area contributed by atoms with Crippen LogP contribution < -0.4 is 4.74 Å². The van der Waals surface area contributed by atoms with E-state index in [1.54, 1.807) is 4.90 Å². The standard InChI is InChI=1S/C14H17FN2O4/c1-16-4-6-17(7-5-16)13(18)9-21-12-8-10(15)2-3-11(12)14(19)20/h2-3,8H,4-7,9H2,1H3,(H,19,20). The summed E-state index contributed by atoms with van der Waals surface area (Å²) in [4.78, 5) is 26.8. The molecule has 1 N–H and O–H groups in total. The molecule has 0 atom stereocenters. The molecule has 7 heteroatoms. The largest absolute Gasteiger partial charge is 0.483 e. The second-order valence-corrected chi connectivity index (χ2v) is 4.92. The lowest BCUT2D eigenvalue weighted by atomic mass is 10.2. The lowest BCUT2D eigenvalue weighted by molar-refractivity contribution is -0.134. The average Bonchev–Trinajstić information content (AvgIpc) is 2.45. The molecule has 1 aliphatic rings. The second-order valence-electron chi connectivity index (χ2n) is 4.92. The van der Waals surface area contributed by atoms with Gasteiger partial charge in [-0.15, -0.1) is 0 Å². The Balaban J connectivity index is 1.98. The third kappa shape index (κ3) is 3.91. The minimum absolute atomic E-state index is 0.134. The van der Waals surface area contributed by atoms with Gasteiger partial charge in [-0.3, -0.25) is 4.79 Å². The van der Waals surface area contributed by atoms with Crippen molar-refractivity contribution < 1.29 is 23.8 Å². The molecule has 0 aliphatic carbocycles. The summed E-state index contributed by atoms with van der Waals surface area (Å²) in [5.74, 6) is -2.20. The summed E-state index contributed by atoms with van der Waals surface area (Å²) in [5, 5.41) is 9.00. The molecular weight excluding hydrogens is 279 g/mol. The van der Waals surface area contributed by atoms with Gasteiger partial charge in [-0.25, -0.2) is 9.18 Å². The molecule has 0 unspecified atom stereocenters. The topological polar surface area (TPSA) is 70.1 Å². The summed E-state index contributed by atoms with van der Waals surface area (Å²) < 4.78 is 18.4. The number of amides is 1. The number of carbonyl (C=O) groups is 2. The molecule has 1 aliphatic heterocycles. The fourth-order valence-corrected chi connectivity index (χ4v) is 2.08. The van der Waals surface area contributed by atoms with Crippen molar-refractivity contribution in [3.63, 3.8) is 0 Å². The first-order chi connectivity index (χ1) is 9.97. The second kappa shape index (κ2) is 6.53. The Morgan fingerprint density at radius 2 is 1.95 bits per heavy atom. The Labute approximate surface area is 121 Å². The third-order valence-corrected chi connectivity index (χ3v) is 3.38. The van der Waals surface area contributed by atoms with Gasteiger partial charge in [-0.1, -0.05) is 0 Å². The molecule has 1 amide bonds. The predicted octanol–water partition coefficient (Wildman–Crippen LogP) is 0.677. The van der Waals surface area contributed by atoms with E-state index in [9.17, 15) is 14.0 Å². The lowest BCUT2D eigenvalue weighted by Crippen LogP contribution is -2.48. The molecule has 1 aromatic rings. The maximum atomic E-state index is 13.2. The van der Waals surface area contributed by atoms with Gasteiger partial charge in [0.2, 0.25) is 0 Å². The zero-order valence-corrected chi connectivity index (χ0v) is 11.7. The lowest BCUT2D eigenvalue weighted by Gasteiger charge is -2.32. The molecule has 6 nitrogen and oxygen atoms in total. The molecule has 1 heterocycles. The highest BCUT2D eigenvalue weighted by atomic mass is 19.1. The highest BCUT2D eigenvalue weighted by Crippen LogP contribution is 2.20. The molecule has 0 bridgehead atoms. The monoisotopic (exact) mass is 296 g/mol. The molecule has 0 aromatic heterocycles. The van der Waals surface area contributed by atoms with E-state index in [0.717, 1.165) is 31.3 Å². The van der Waals surface area contributed by atoms with Crippen LogP contribution in [0, 0.1) is 5.82 Å². The van der Waals surface area contributed by atoms with E-state index in [1.807, 2.05) is 7.05 Å². The summed E-state index contributed by atoms with van der Waals surface area (Å²) in [5.41, 5.74) is -0.164. The van der Waals surface area contributed by atoms with Crippen molar-refractivity contribution in [2.45, 2.75) is 0 Å². The minimum atomic E-state index is -1.22. The molecule has 1 fully saturated rings. The van der Waals surface area contributed by atoms with Crippen LogP contribution in [0.3, 0.4) is 0 Å². The molecule has 0 spiro atoms. The Morgan fingerprint density at radius 1 is 1.29 bits per heavy atom. The van der Waals surface area contributed by atoms with Crippen molar-refractivity contribution in [2.24, 2.45) is 0 Å². The molecule has 0 saturated carbocycles. The summed E-state index contributed by atoms with van der Waals surface area (Å²) in [6, 6.07) is 3.13. The first-order valence-corrected chi connectivity index (χ1v) is 6.59. The van der Waals surface area contributed by atoms with E-state index in [2.05, 4.69) is 4.90 Å². The number of aromatic carboxylic acids is 1. The van der Waals surface area contributed by atoms with Crippen LogP contribution in [0.5, 0.6) is 5.75 Å². The van der Waals surface area contributed by atoms with Gasteiger partial charge in [0.05, 0.1) is 0 Å². The fraction of sp³-hybridized carbons (Fsp3) is 0.429. The number of carboxylic acid groups (broad SMARTS) is 1. The maximum Gasteiger partial charge on any atom is 0.339 e. The quantitative estimate of drug-likeness (QED) is 0.884. The Morgan fingerprint density at radius 3 is 2.57 bits per heavy atom. The van der Waals surface area contributed by atoms with Crippen molar-refractivity contribution in [1.82, 2.24) is 9.80 Å². The number of hydrogen-bond donors (Lipinski definition) is 1. The first kappa shape index (κ1) is 15.2. The Bertz CT molecular complexity index is 542.